The maximum absolute atomic E-state index is 12.7. The molecular formula is C16H18N6O5. The van der Waals surface area contributed by atoms with Crippen LogP contribution in [0.5, 0.6) is 0 Å². The van der Waals surface area contributed by atoms with Gasteiger partial charge in [0.15, 0.2) is 11.6 Å². The van der Waals surface area contributed by atoms with E-state index >= 15 is 0 Å². The van der Waals surface area contributed by atoms with E-state index in [4.69, 9.17) is 0 Å². The number of aromatic amines is 1. The van der Waals surface area contributed by atoms with Crippen molar-refractivity contribution in [1.29, 1.82) is 0 Å². The molecular weight excluding hydrogens is 356 g/mol. The van der Waals surface area contributed by atoms with Crippen LogP contribution in [0.3, 0.4) is 0 Å². The molecule has 0 saturated carbocycles. The lowest BCUT2D eigenvalue weighted by molar-refractivity contribution is -0.392. The van der Waals surface area contributed by atoms with E-state index in [1.54, 1.807) is 13.1 Å². The highest BCUT2D eigenvalue weighted by Crippen LogP contribution is 2.27. The summed E-state index contributed by atoms with van der Waals surface area (Å²) in [6.07, 6.45) is 4.42. The van der Waals surface area contributed by atoms with Gasteiger partial charge in [-0.05, 0) is 11.8 Å². The zero-order valence-corrected chi connectivity index (χ0v) is 14.7. The molecule has 11 nitrogen and oxygen atoms in total. The molecule has 0 saturated heterocycles. The summed E-state index contributed by atoms with van der Waals surface area (Å²) in [5.74, 6) is -1.17. The zero-order valence-electron chi connectivity index (χ0n) is 14.7. The van der Waals surface area contributed by atoms with Gasteiger partial charge in [0.25, 0.3) is 5.91 Å². The summed E-state index contributed by atoms with van der Waals surface area (Å²) in [4.78, 5) is 47.1. The summed E-state index contributed by atoms with van der Waals surface area (Å²) in [5, 5.41) is 21.6. The van der Waals surface area contributed by atoms with Crippen LogP contribution in [0.15, 0.2) is 30.1 Å². The van der Waals surface area contributed by atoms with E-state index in [0.29, 0.717) is 11.5 Å². The van der Waals surface area contributed by atoms with E-state index in [1.807, 2.05) is 0 Å². The van der Waals surface area contributed by atoms with E-state index in [-0.39, 0.29) is 36.7 Å². The number of aliphatic hydroxyl groups excluding tert-OH is 1. The molecule has 1 unspecified atom stereocenters. The number of aliphatic hydroxyl groups is 1. The Morgan fingerprint density at radius 3 is 2.74 bits per heavy atom. The quantitative estimate of drug-likeness (QED) is 0.411. The van der Waals surface area contributed by atoms with Gasteiger partial charge in [-0.15, -0.1) is 0 Å². The molecule has 142 valence electrons. The van der Waals surface area contributed by atoms with Crippen molar-refractivity contribution >= 4 is 17.5 Å². The van der Waals surface area contributed by atoms with Gasteiger partial charge in [0.1, 0.15) is 24.1 Å². The fourth-order valence-electron chi connectivity index (χ4n) is 3.19. The van der Waals surface area contributed by atoms with E-state index in [1.165, 1.54) is 22.7 Å². The van der Waals surface area contributed by atoms with Gasteiger partial charge in [0.05, 0.1) is 18.9 Å². The predicted octanol–water partition coefficient (Wildman–Crippen LogP) is 0.677. The number of nitrogens with zero attached hydrogens (tertiary/aromatic N) is 5. The molecule has 1 aliphatic heterocycles. The Bertz CT molecular complexity index is 929. The Kier molecular flexibility index (Phi) is 4.75. The van der Waals surface area contributed by atoms with Crippen LogP contribution in [0.25, 0.3) is 0 Å². The number of carbonyl (C=O) groups excluding carboxylic acids is 2. The van der Waals surface area contributed by atoms with Crippen LogP contribution in [0.4, 0.5) is 5.82 Å². The second-order valence-corrected chi connectivity index (χ2v) is 6.18. The first kappa shape index (κ1) is 18.3. The fraction of sp³-hybridized carbons (Fsp3) is 0.375. The van der Waals surface area contributed by atoms with Gasteiger partial charge in [0, 0.05) is 25.2 Å². The zero-order chi connectivity index (χ0) is 19.7. The molecule has 27 heavy (non-hydrogen) atoms. The van der Waals surface area contributed by atoms with E-state index in [0.717, 1.165) is 6.20 Å². The number of nitro groups is 1. The number of aromatic nitrogens is 4. The Hall–Kier alpha value is -3.50. The molecule has 1 aliphatic rings. The topological polar surface area (TPSA) is 147 Å². The third-order valence-electron chi connectivity index (χ3n) is 4.53. The Balaban J connectivity index is 1.86. The molecule has 11 heteroatoms. The number of H-pyrrole nitrogens is 1. The molecule has 0 fully saturated rings. The summed E-state index contributed by atoms with van der Waals surface area (Å²) >= 11 is 0. The molecule has 0 aliphatic carbocycles. The van der Waals surface area contributed by atoms with Crippen LogP contribution < -0.4 is 0 Å². The van der Waals surface area contributed by atoms with Crippen LogP contribution in [0, 0.1) is 17.0 Å². The molecule has 0 spiro atoms. The van der Waals surface area contributed by atoms with Gasteiger partial charge >= 0.3 is 5.82 Å². The van der Waals surface area contributed by atoms with Crippen molar-refractivity contribution in [2.24, 2.45) is 0 Å². The second kappa shape index (κ2) is 7.02. The summed E-state index contributed by atoms with van der Waals surface area (Å²) in [6, 6.07) is -0.750. The Morgan fingerprint density at radius 2 is 2.15 bits per heavy atom. The number of Topliss-reactive ketones (excluding diaryl/α,β-unsaturated/α-hetero) is 1. The van der Waals surface area contributed by atoms with Crippen LogP contribution in [0.2, 0.25) is 0 Å². The van der Waals surface area contributed by atoms with E-state index in [2.05, 4.69) is 15.0 Å². The minimum absolute atomic E-state index is 0.0660. The number of amides is 1. The predicted molar refractivity (Wildman–Crippen MR) is 91.7 cm³/mol. The first-order chi connectivity index (χ1) is 12.8. The highest BCUT2D eigenvalue weighted by Gasteiger charge is 2.41. The van der Waals surface area contributed by atoms with Crippen molar-refractivity contribution in [1.82, 2.24) is 24.4 Å². The average Bonchev–Trinajstić information content (AvgIpc) is 3.28. The molecule has 3 rings (SSSR count). The number of hydrogen-bond donors (Lipinski definition) is 2. The lowest BCUT2D eigenvalue weighted by Crippen LogP contribution is -2.40. The highest BCUT2D eigenvalue weighted by molar-refractivity contribution is 6.20. The van der Waals surface area contributed by atoms with Crippen LogP contribution >= 0.6 is 0 Å². The van der Waals surface area contributed by atoms with Gasteiger partial charge in [-0.25, -0.2) is 14.5 Å². The lowest BCUT2D eigenvalue weighted by atomic mass is 10.1. The molecule has 2 aromatic heterocycles. The monoisotopic (exact) mass is 374 g/mol. The number of rotatable bonds is 7. The maximum atomic E-state index is 12.7. The number of hydrogen-bond acceptors (Lipinski definition) is 7. The number of nitrogens with one attached hydrogen (secondary N) is 1. The van der Waals surface area contributed by atoms with Gasteiger partial charge in [0.2, 0.25) is 0 Å². The van der Waals surface area contributed by atoms with Gasteiger partial charge < -0.3 is 25.1 Å². The van der Waals surface area contributed by atoms with Crippen LogP contribution in [0.1, 0.15) is 18.4 Å². The third kappa shape index (κ3) is 3.30. The van der Waals surface area contributed by atoms with Gasteiger partial charge in [-0.1, -0.05) is 0 Å². The van der Waals surface area contributed by atoms with Crippen molar-refractivity contribution in [3.63, 3.8) is 0 Å². The molecule has 1 amide bonds. The van der Waals surface area contributed by atoms with Gasteiger partial charge in [-0.2, -0.15) is 0 Å². The summed E-state index contributed by atoms with van der Waals surface area (Å²) in [7, 11) is 0. The molecule has 3 heterocycles. The molecule has 0 radical (unpaired) electrons. The molecule has 0 aromatic carbocycles. The third-order valence-corrected chi connectivity index (χ3v) is 4.53. The summed E-state index contributed by atoms with van der Waals surface area (Å²) in [6.45, 7) is 3.00. The van der Waals surface area contributed by atoms with Crippen molar-refractivity contribution in [2.45, 2.75) is 32.9 Å². The average molecular weight is 374 g/mol. The maximum Gasteiger partial charge on any atom is 0.342 e. The summed E-state index contributed by atoms with van der Waals surface area (Å²) < 4.78 is 1.38. The lowest BCUT2D eigenvalue weighted by Gasteiger charge is -2.24. The molecule has 0 bridgehead atoms. The standard InChI is InChI=1S/C16H18N6O5/c1-9(23)14-15(24)12(5-11-6-17-8-19-11)21(16(14)25)4-3-20-10(2)18-7-13(20)22(26)27/h6-8,12,24H,3-5H2,1-2H3,(H,17,19). The summed E-state index contributed by atoms with van der Waals surface area (Å²) in [5.41, 5.74) is 0.426. The van der Waals surface area contributed by atoms with E-state index < -0.39 is 22.7 Å². The number of ketones is 1. The molecule has 2 N–H and O–H groups in total. The van der Waals surface area contributed by atoms with Crippen molar-refractivity contribution in [3.05, 3.63) is 51.7 Å². The number of imidazole rings is 2. The van der Waals surface area contributed by atoms with Crippen molar-refractivity contribution in [3.8, 4) is 0 Å². The molecule has 2 aromatic rings. The second-order valence-electron chi connectivity index (χ2n) is 6.18. The van der Waals surface area contributed by atoms with Gasteiger partial charge in [-0.3, -0.25) is 9.59 Å². The highest BCUT2D eigenvalue weighted by atomic mass is 16.6. The Morgan fingerprint density at radius 1 is 1.41 bits per heavy atom. The fourth-order valence-corrected chi connectivity index (χ4v) is 3.19. The largest absolute Gasteiger partial charge is 0.509 e. The SMILES string of the molecule is CC(=O)C1=C(O)C(Cc2cnc[nH]2)N(CCn2c([N+](=O)[O-])cnc2C)C1=O. The van der Waals surface area contributed by atoms with Crippen molar-refractivity contribution < 1.29 is 19.6 Å². The first-order valence-electron chi connectivity index (χ1n) is 8.20. The van der Waals surface area contributed by atoms with Crippen LogP contribution in [-0.4, -0.2) is 58.7 Å². The van der Waals surface area contributed by atoms with Crippen LogP contribution in [-0.2, 0) is 22.6 Å². The van der Waals surface area contributed by atoms with E-state index in [9.17, 15) is 24.8 Å². The Labute approximate surface area is 153 Å². The minimum Gasteiger partial charge on any atom is -0.509 e. The molecule has 1 atom stereocenters. The normalized spacial score (nSPS) is 17.0. The number of carbonyl (C=O) groups is 2. The van der Waals surface area contributed by atoms with Crippen molar-refractivity contribution in [2.75, 3.05) is 6.54 Å². The number of aryl methyl sites for hydroxylation is 1. The minimum atomic E-state index is -0.750. The smallest absolute Gasteiger partial charge is 0.342 e. The first-order valence-corrected chi connectivity index (χ1v) is 8.20.